The van der Waals surface area contributed by atoms with Gasteiger partial charge in [-0.2, -0.15) is 13.2 Å². The van der Waals surface area contributed by atoms with E-state index in [1.807, 2.05) is 24.3 Å². The fraction of sp³-hybridized carbons (Fsp3) is 0.444. The van der Waals surface area contributed by atoms with Gasteiger partial charge in [-0.25, -0.2) is 4.98 Å². The molecular formula is C18H24F3IN4OS. The van der Waals surface area contributed by atoms with Gasteiger partial charge in [0.25, 0.3) is 0 Å². The topological polar surface area (TPSA) is 58.5 Å². The second kappa shape index (κ2) is 12.1. The van der Waals surface area contributed by atoms with Crippen molar-refractivity contribution >= 4 is 41.3 Å². The Morgan fingerprint density at radius 1 is 1.14 bits per heavy atom. The summed E-state index contributed by atoms with van der Waals surface area (Å²) in [6.07, 6.45) is -2.13. The maximum atomic E-state index is 12.5. The molecule has 0 saturated heterocycles. The summed E-state index contributed by atoms with van der Waals surface area (Å²) in [4.78, 5) is 7.72. The van der Waals surface area contributed by atoms with Crippen LogP contribution in [0.4, 0.5) is 13.2 Å². The third kappa shape index (κ3) is 8.21. The van der Waals surface area contributed by atoms with E-state index in [-0.39, 0.29) is 24.0 Å². The van der Waals surface area contributed by atoms with Crippen LogP contribution >= 0.6 is 35.3 Å². The Balaban J connectivity index is 0.00000392. The highest BCUT2D eigenvalue weighted by molar-refractivity contribution is 14.0. The number of benzene rings is 1. The fourth-order valence-corrected chi connectivity index (χ4v) is 3.16. The SMILES string of the molecule is CN=C(NCCCc1ccc(OC)cc1)NCCc1nc(C(F)(F)F)cs1.I. The standard InChI is InChI=1S/C18H23F3N4OS.HI/c1-22-17(23-10-3-4-13-5-7-14(26-2)8-6-13)24-11-9-16-25-15(12-27-16)18(19,20)21;/h5-8,12H,3-4,9-11H2,1-2H3,(H2,22,23,24);1H. The number of ether oxygens (including phenoxy) is 1. The average Bonchev–Trinajstić information content (AvgIpc) is 3.13. The van der Waals surface area contributed by atoms with E-state index in [1.165, 1.54) is 5.56 Å². The van der Waals surface area contributed by atoms with Gasteiger partial charge in [0.2, 0.25) is 0 Å². The number of aromatic nitrogens is 1. The third-order valence-corrected chi connectivity index (χ3v) is 4.70. The molecule has 0 amide bonds. The molecule has 2 rings (SSSR count). The number of thiazole rings is 1. The molecule has 0 atom stereocenters. The van der Waals surface area contributed by atoms with E-state index >= 15 is 0 Å². The van der Waals surface area contributed by atoms with Crippen molar-refractivity contribution in [1.82, 2.24) is 15.6 Å². The van der Waals surface area contributed by atoms with Crippen LogP contribution in [0.5, 0.6) is 5.75 Å². The number of aliphatic imine (C=N–C) groups is 1. The monoisotopic (exact) mass is 528 g/mol. The van der Waals surface area contributed by atoms with Crippen molar-refractivity contribution in [1.29, 1.82) is 0 Å². The van der Waals surface area contributed by atoms with Crippen molar-refractivity contribution < 1.29 is 17.9 Å². The normalized spacial score (nSPS) is 11.7. The summed E-state index contributed by atoms with van der Waals surface area (Å²) >= 11 is 1.02. The van der Waals surface area contributed by atoms with Crippen molar-refractivity contribution in [2.75, 3.05) is 27.2 Å². The Kier molecular flexibility index (Phi) is 10.6. The van der Waals surface area contributed by atoms with E-state index in [0.29, 0.717) is 23.9 Å². The lowest BCUT2D eigenvalue weighted by Crippen LogP contribution is -2.38. The molecular weight excluding hydrogens is 504 g/mol. The van der Waals surface area contributed by atoms with Crippen molar-refractivity contribution in [3.05, 3.63) is 45.9 Å². The van der Waals surface area contributed by atoms with Crippen LogP contribution < -0.4 is 15.4 Å². The van der Waals surface area contributed by atoms with E-state index in [9.17, 15) is 13.2 Å². The molecule has 0 bridgehead atoms. The molecule has 0 spiro atoms. The first-order valence-electron chi connectivity index (χ1n) is 8.51. The van der Waals surface area contributed by atoms with Crippen molar-refractivity contribution in [2.24, 2.45) is 4.99 Å². The Hall–Kier alpha value is -1.56. The zero-order valence-electron chi connectivity index (χ0n) is 15.7. The highest BCUT2D eigenvalue weighted by Gasteiger charge is 2.33. The summed E-state index contributed by atoms with van der Waals surface area (Å²) in [6, 6.07) is 7.95. The number of hydrogen-bond acceptors (Lipinski definition) is 4. The van der Waals surface area contributed by atoms with E-state index in [0.717, 1.165) is 41.9 Å². The number of nitrogens with one attached hydrogen (secondary N) is 2. The Morgan fingerprint density at radius 2 is 1.82 bits per heavy atom. The molecule has 2 aromatic rings. The van der Waals surface area contributed by atoms with Crippen LogP contribution in [0.3, 0.4) is 0 Å². The molecule has 0 radical (unpaired) electrons. The lowest BCUT2D eigenvalue weighted by Gasteiger charge is -2.11. The summed E-state index contributed by atoms with van der Waals surface area (Å²) in [5.74, 6) is 1.46. The van der Waals surface area contributed by atoms with Crippen LogP contribution in [-0.4, -0.2) is 38.2 Å². The summed E-state index contributed by atoms with van der Waals surface area (Å²) in [6.45, 7) is 1.20. The first kappa shape index (κ1) is 24.5. The van der Waals surface area contributed by atoms with Crippen LogP contribution in [0.15, 0.2) is 34.6 Å². The van der Waals surface area contributed by atoms with Gasteiger partial charge in [0.15, 0.2) is 11.7 Å². The lowest BCUT2D eigenvalue weighted by atomic mass is 10.1. The summed E-state index contributed by atoms with van der Waals surface area (Å²) in [5, 5.41) is 7.77. The molecule has 0 unspecified atom stereocenters. The number of halogens is 4. The second-order valence-corrected chi connectivity index (χ2v) is 6.69. The average molecular weight is 528 g/mol. The minimum Gasteiger partial charge on any atom is -0.497 e. The quantitative estimate of drug-likeness (QED) is 0.234. The molecule has 0 aliphatic heterocycles. The first-order valence-corrected chi connectivity index (χ1v) is 9.39. The molecule has 0 fully saturated rings. The molecule has 2 N–H and O–H groups in total. The number of guanidine groups is 1. The van der Waals surface area contributed by atoms with Gasteiger partial charge in [0, 0.05) is 31.9 Å². The molecule has 5 nitrogen and oxygen atoms in total. The Bertz CT molecular complexity index is 735. The predicted molar refractivity (Wildman–Crippen MR) is 117 cm³/mol. The lowest BCUT2D eigenvalue weighted by molar-refractivity contribution is -0.140. The van der Waals surface area contributed by atoms with Gasteiger partial charge in [0.05, 0.1) is 12.1 Å². The fourth-order valence-electron chi connectivity index (χ4n) is 2.36. The van der Waals surface area contributed by atoms with Crippen LogP contribution in [0.25, 0.3) is 0 Å². The second-order valence-electron chi connectivity index (χ2n) is 5.75. The molecule has 28 heavy (non-hydrogen) atoms. The van der Waals surface area contributed by atoms with Gasteiger partial charge < -0.3 is 15.4 Å². The van der Waals surface area contributed by atoms with Gasteiger partial charge in [-0.05, 0) is 30.5 Å². The zero-order valence-corrected chi connectivity index (χ0v) is 18.8. The number of hydrogen-bond donors (Lipinski definition) is 2. The number of rotatable bonds is 8. The van der Waals surface area contributed by atoms with Gasteiger partial charge in [0.1, 0.15) is 5.75 Å². The van der Waals surface area contributed by atoms with E-state index in [2.05, 4.69) is 20.6 Å². The molecule has 0 aliphatic rings. The van der Waals surface area contributed by atoms with Crippen LogP contribution in [-0.2, 0) is 19.0 Å². The Labute approximate surface area is 183 Å². The summed E-state index contributed by atoms with van der Waals surface area (Å²) < 4.78 is 42.7. The number of nitrogens with zero attached hydrogens (tertiary/aromatic N) is 2. The maximum absolute atomic E-state index is 12.5. The van der Waals surface area contributed by atoms with Gasteiger partial charge in [-0.15, -0.1) is 35.3 Å². The minimum atomic E-state index is -4.39. The molecule has 1 aromatic heterocycles. The highest BCUT2D eigenvalue weighted by atomic mass is 127. The molecule has 0 aliphatic carbocycles. The summed E-state index contributed by atoms with van der Waals surface area (Å²) in [5.41, 5.74) is 0.397. The number of aryl methyl sites for hydroxylation is 1. The van der Waals surface area contributed by atoms with Gasteiger partial charge in [-0.3, -0.25) is 4.99 Å². The Morgan fingerprint density at radius 3 is 2.39 bits per heavy atom. The smallest absolute Gasteiger partial charge is 0.434 e. The van der Waals surface area contributed by atoms with Crippen LogP contribution in [0.1, 0.15) is 22.7 Å². The van der Waals surface area contributed by atoms with Crippen molar-refractivity contribution in [3.8, 4) is 5.75 Å². The van der Waals surface area contributed by atoms with Crippen LogP contribution in [0, 0.1) is 0 Å². The van der Waals surface area contributed by atoms with Gasteiger partial charge in [-0.1, -0.05) is 12.1 Å². The third-order valence-electron chi connectivity index (χ3n) is 3.79. The van der Waals surface area contributed by atoms with Gasteiger partial charge >= 0.3 is 6.18 Å². The predicted octanol–water partition coefficient (Wildman–Crippen LogP) is 4.13. The van der Waals surface area contributed by atoms with Crippen LogP contribution in [0.2, 0.25) is 0 Å². The van der Waals surface area contributed by atoms with Crippen molar-refractivity contribution in [2.45, 2.75) is 25.4 Å². The molecule has 1 aromatic carbocycles. The zero-order chi connectivity index (χ0) is 19.7. The summed E-state index contributed by atoms with van der Waals surface area (Å²) in [7, 11) is 3.30. The van der Waals surface area contributed by atoms with Crippen molar-refractivity contribution in [3.63, 3.8) is 0 Å². The van der Waals surface area contributed by atoms with E-state index in [1.54, 1.807) is 14.2 Å². The highest BCUT2D eigenvalue weighted by Crippen LogP contribution is 2.29. The molecule has 156 valence electrons. The number of alkyl halides is 3. The molecule has 0 saturated carbocycles. The molecule has 10 heteroatoms. The number of methoxy groups -OCH3 is 1. The minimum absolute atomic E-state index is 0. The largest absolute Gasteiger partial charge is 0.497 e. The first-order chi connectivity index (χ1) is 12.9. The molecule has 1 heterocycles. The maximum Gasteiger partial charge on any atom is 0.434 e. The van der Waals surface area contributed by atoms with E-state index in [4.69, 9.17) is 4.74 Å². The van der Waals surface area contributed by atoms with E-state index < -0.39 is 11.9 Å².